The number of piperidine rings is 1. The van der Waals surface area contributed by atoms with Crippen LogP contribution in [0.1, 0.15) is 25.0 Å². The molecule has 0 saturated carbocycles. The summed E-state index contributed by atoms with van der Waals surface area (Å²) < 4.78 is 76.6. The summed E-state index contributed by atoms with van der Waals surface area (Å²) in [6, 6.07) is 6.87. The molecule has 3 N–H and O–H groups in total. The van der Waals surface area contributed by atoms with Crippen LogP contribution in [0, 0.1) is 0 Å². The lowest BCUT2D eigenvalue weighted by atomic mass is 9.87. The highest BCUT2D eigenvalue weighted by Gasteiger charge is 2.43. The van der Waals surface area contributed by atoms with Crippen LogP contribution in [-0.4, -0.2) is 81.1 Å². The van der Waals surface area contributed by atoms with E-state index in [9.17, 15) is 26.7 Å². The monoisotopic (exact) mass is 545 g/mol. The number of nitrogens with one attached hydrogen (secondary N) is 2. The fourth-order valence-corrected chi connectivity index (χ4v) is 5.26. The van der Waals surface area contributed by atoms with Gasteiger partial charge in [-0.1, -0.05) is 6.07 Å². The molecule has 204 valence electrons. The molecule has 4 rings (SSSR count). The van der Waals surface area contributed by atoms with Gasteiger partial charge in [0.1, 0.15) is 24.2 Å². The van der Waals surface area contributed by atoms with Crippen LogP contribution in [0.2, 0.25) is 0 Å². The fraction of sp³-hybridized carbons (Fsp3) is 0.565. The smallest absolute Gasteiger partial charge is 0.433 e. The molecule has 0 bridgehead atoms. The van der Waals surface area contributed by atoms with E-state index in [0.29, 0.717) is 44.7 Å². The minimum absolute atomic E-state index is 0.00936. The van der Waals surface area contributed by atoms with Crippen LogP contribution in [0.5, 0.6) is 5.75 Å². The molecule has 2 unspecified atom stereocenters. The summed E-state index contributed by atoms with van der Waals surface area (Å²) in [4.78, 5) is 9.48. The summed E-state index contributed by atoms with van der Waals surface area (Å²) in [5, 5.41) is 13.6. The lowest BCUT2D eigenvalue weighted by molar-refractivity contribution is -0.141. The maximum atomic E-state index is 13.0. The maximum Gasteiger partial charge on any atom is 0.433 e. The van der Waals surface area contributed by atoms with E-state index in [-0.39, 0.29) is 35.6 Å². The third-order valence-corrected chi connectivity index (χ3v) is 7.98. The lowest BCUT2D eigenvalue weighted by Crippen LogP contribution is -2.46. The van der Waals surface area contributed by atoms with Gasteiger partial charge in [-0.3, -0.25) is 0 Å². The molecule has 37 heavy (non-hydrogen) atoms. The highest BCUT2D eigenvalue weighted by Crippen LogP contribution is 2.37. The number of aliphatic hydroxyl groups is 1. The van der Waals surface area contributed by atoms with Gasteiger partial charge in [-0.15, -0.1) is 0 Å². The first-order chi connectivity index (χ1) is 17.5. The van der Waals surface area contributed by atoms with Gasteiger partial charge in [0.05, 0.1) is 17.1 Å². The van der Waals surface area contributed by atoms with Crippen LogP contribution in [0.25, 0.3) is 0 Å². The van der Waals surface area contributed by atoms with E-state index in [1.807, 2.05) is 0 Å². The summed E-state index contributed by atoms with van der Waals surface area (Å²) >= 11 is 0. The minimum Gasteiger partial charge on any atom is -0.491 e. The quantitative estimate of drug-likeness (QED) is 0.430. The van der Waals surface area contributed by atoms with Crippen molar-refractivity contribution in [3.63, 3.8) is 0 Å². The minimum atomic E-state index is -4.52. The molecule has 2 aromatic rings. The van der Waals surface area contributed by atoms with Crippen LogP contribution in [0.3, 0.4) is 0 Å². The third-order valence-electron chi connectivity index (χ3n) is 6.57. The zero-order valence-corrected chi connectivity index (χ0v) is 21.1. The standard InChI is InChI=1S/C23H30F3N5O5S/c1-27-37(33,34)19-4-2-3-18(11-19)35-15-17(32)13-29-16-12-22(36-14-16)6-9-31(10-7-22)21-28-8-5-20(30-21)23(24,25)26/h2-5,8,11,16-17,27,29,32H,6-7,9-10,12-15H2,1H3. The van der Waals surface area contributed by atoms with Crippen molar-refractivity contribution in [1.29, 1.82) is 0 Å². The van der Waals surface area contributed by atoms with Crippen molar-refractivity contribution in [3.05, 3.63) is 42.2 Å². The number of anilines is 1. The van der Waals surface area contributed by atoms with Crippen molar-refractivity contribution in [2.24, 2.45) is 0 Å². The van der Waals surface area contributed by atoms with Gasteiger partial charge in [-0.05, 0) is 44.5 Å². The van der Waals surface area contributed by atoms with E-state index in [2.05, 4.69) is 20.0 Å². The van der Waals surface area contributed by atoms with Gasteiger partial charge in [-0.25, -0.2) is 23.1 Å². The second kappa shape index (κ2) is 11.1. The molecule has 2 aliphatic rings. The van der Waals surface area contributed by atoms with Gasteiger partial charge < -0.3 is 24.8 Å². The second-order valence-electron chi connectivity index (χ2n) is 9.18. The predicted octanol–water partition coefficient (Wildman–Crippen LogP) is 1.56. The first-order valence-corrected chi connectivity index (χ1v) is 13.3. The number of nitrogens with zero attached hydrogens (tertiary/aromatic N) is 3. The molecule has 2 saturated heterocycles. The van der Waals surface area contributed by atoms with E-state index in [1.54, 1.807) is 17.0 Å². The number of ether oxygens (including phenoxy) is 2. The largest absolute Gasteiger partial charge is 0.491 e. The number of aromatic nitrogens is 2. The molecule has 2 aliphatic heterocycles. The molecule has 0 aliphatic carbocycles. The molecule has 1 aromatic carbocycles. The Kier molecular flexibility index (Phi) is 8.23. The maximum absolute atomic E-state index is 13.0. The number of sulfonamides is 1. The summed E-state index contributed by atoms with van der Waals surface area (Å²) in [5.41, 5.74) is -1.34. The first kappa shape index (κ1) is 27.5. The topological polar surface area (TPSA) is 126 Å². The predicted molar refractivity (Wildman–Crippen MR) is 128 cm³/mol. The third kappa shape index (κ3) is 6.87. The Bertz CT molecular complexity index is 1180. The zero-order chi connectivity index (χ0) is 26.7. The van der Waals surface area contributed by atoms with E-state index in [1.165, 1.54) is 19.2 Å². The van der Waals surface area contributed by atoms with Gasteiger partial charge in [0, 0.05) is 37.9 Å². The molecule has 2 atom stereocenters. The number of aliphatic hydroxyl groups excluding tert-OH is 1. The molecular formula is C23H30F3N5O5S. The molecule has 1 spiro atoms. The SMILES string of the molecule is CNS(=O)(=O)c1cccc(OCC(O)CNC2COC3(CCN(c4nccc(C(F)(F)F)n4)CC3)C2)c1. The van der Waals surface area contributed by atoms with Crippen molar-refractivity contribution in [2.75, 3.05) is 44.8 Å². The molecule has 3 heterocycles. The number of hydrogen-bond donors (Lipinski definition) is 3. The lowest BCUT2D eigenvalue weighted by Gasteiger charge is -2.38. The Morgan fingerprint density at radius 1 is 1.30 bits per heavy atom. The van der Waals surface area contributed by atoms with E-state index >= 15 is 0 Å². The van der Waals surface area contributed by atoms with Crippen LogP contribution in [0.4, 0.5) is 19.1 Å². The van der Waals surface area contributed by atoms with Crippen LogP contribution >= 0.6 is 0 Å². The van der Waals surface area contributed by atoms with E-state index < -0.39 is 28.0 Å². The van der Waals surface area contributed by atoms with Gasteiger partial charge in [0.25, 0.3) is 0 Å². The van der Waals surface area contributed by atoms with Crippen LogP contribution in [0.15, 0.2) is 41.4 Å². The Morgan fingerprint density at radius 3 is 2.76 bits per heavy atom. The average Bonchev–Trinajstić information content (AvgIpc) is 3.28. The van der Waals surface area contributed by atoms with Crippen LogP contribution in [-0.2, 0) is 20.9 Å². The number of benzene rings is 1. The van der Waals surface area contributed by atoms with Gasteiger partial charge in [0.15, 0.2) is 0 Å². The highest BCUT2D eigenvalue weighted by atomic mass is 32.2. The normalized spacial score (nSPS) is 20.8. The number of hydrogen-bond acceptors (Lipinski definition) is 9. The molecule has 1 aromatic heterocycles. The Balaban J connectivity index is 1.22. The number of halogens is 3. The van der Waals surface area contributed by atoms with Gasteiger partial charge in [0.2, 0.25) is 16.0 Å². The summed E-state index contributed by atoms with van der Waals surface area (Å²) in [5.74, 6) is 0.393. The summed E-state index contributed by atoms with van der Waals surface area (Å²) in [6.45, 7) is 1.64. The van der Waals surface area contributed by atoms with Crippen molar-refractivity contribution in [1.82, 2.24) is 20.0 Å². The highest BCUT2D eigenvalue weighted by molar-refractivity contribution is 7.89. The molecule has 0 amide bonds. The number of alkyl halides is 3. The van der Waals surface area contributed by atoms with Crippen molar-refractivity contribution >= 4 is 16.0 Å². The van der Waals surface area contributed by atoms with E-state index in [0.717, 1.165) is 12.3 Å². The Labute approximate surface area is 213 Å². The molecular weight excluding hydrogens is 515 g/mol. The zero-order valence-electron chi connectivity index (χ0n) is 20.2. The first-order valence-electron chi connectivity index (χ1n) is 11.9. The summed E-state index contributed by atoms with van der Waals surface area (Å²) in [6.07, 6.45) is -2.26. The Hall–Kier alpha value is -2.52. The van der Waals surface area contributed by atoms with Crippen LogP contribution < -0.4 is 19.7 Å². The number of rotatable bonds is 9. The Morgan fingerprint density at radius 2 is 2.05 bits per heavy atom. The summed E-state index contributed by atoms with van der Waals surface area (Å²) in [7, 11) is -2.27. The molecule has 10 nitrogen and oxygen atoms in total. The molecule has 0 radical (unpaired) electrons. The average molecular weight is 546 g/mol. The van der Waals surface area contributed by atoms with Gasteiger partial charge in [-0.2, -0.15) is 13.2 Å². The molecule has 2 fully saturated rings. The fourth-order valence-electron chi connectivity index (χ4n) is 4.50. The van der Waals surface area contributed by atoms with Crippen molar-refractivity contribution < 1.29 is 36.2 Å². The van der Waals surface area contributed by atoms with E-state index in [4.69, 9.17) is 9.47 Å². The van der Waals surface area contributed by atoms with Crippen molar-refractivity contribution in [2.45, 2.75) is 48.1 Å². The molecule has 14 heteroatoms. The van der Waals surface area contributed by atoms with Gasteiger partial charge >= 0.3 is 6.18 Å². The second-order valence-corrected chi connectivity index (χ2v) is 11.1. The van der Waals surface area contributed by atoms with Crippen molar-refractivity contribution in [3.8, 4) is 5.75 Å².